The van der Waals surface area contributed by atoms with Crippen LogP contribution in [0.2, 0.25) is 0 Å². The molecule has 1 aromatic carbocycles. The van der Waals surface area contributed by atoms with Crippen LogP contribution in [0.5, 0.6) is 11.5 Å². The van der Waals surface area contributed by atoms with Crippen LogP contribution in [-0.4, -0.2) is 41.9 Å². The molecule has 3 rings (SSSR count). The van der Waals surface area contributed by atoms with Gasteiger partial charge in [0.1, 0.15) is 0 Å². The number of ether oxygens (including phenoxy) is 1. The minimum atomic E-state index is -0.356. The van der Waals surface area contributed by atoms with Crippen molar-refractivity contribution < 1.29 is 14.9 Å². The standard InChI is InChI=1S/C16H21NO3/c1-17-8-7-16(6-5-12(18)10-15(16)17)11-3-4-14(20-2)13(19)9-11/h3-4,9-10,12,18-19H,5-8H2,1-2H3/t12-,16+/m1/s1. The molecule has 1 aliphatic heterocycles. The first-order valence-electron chi connectivity index (χ1n) is 7.06. The van der Waals surface area contributed by atoms with E-state index in [1.165, 1.54) is 5.70 Å². The Morgan fingerprint density at radius 1 is 1.35 bits per heavy atom. The van der Waals surface area contributed by atoms with Gasteiger partial charge >= 0.3 is 0 Å². The lowest BCUT2D eigenvalue weighted by molar-refractivity contribution is 0.181. The number of likely N-dealkylation sites (tertiary alicyclic amines) is 1. The highest BCUT2D eigenvalue weighted by atomic mass is 16.5. The van der Waals surface area contributed by atoms with Gasteiger partial charge in [0, 0.05) is 24.7 Å². The Hall–Kier alpha value is -1.68. The molecule has 2 atom stereocenters. The quantitative estimate of drug-likeness (QED) is 0.867. The summed E-state index contributed by atoms with van der Waals surface area (Å²) in [5.41, 5.74) is 2.22. The summed E-state index contributed by atoms with van der Waals surface area (Å²) >= 11 is 0. The molecule has 0 amide bonds. The summed E-state index contributed by atoms with van der Waals surface area (Å²) in [5.74, 6) is 0.678. The van der Waals surface area contributed by atoms with E-state index >= 15 is 0 Å². The number of aliphatic hydroxyl groups excluding tert-OH is 1. The number of phenolic OH excluding ortho intramolecular Hbond substituents is 1. The molecule has 1 aliphatic carbocycles. The molecule has 0 saturated carbocycles. The summed E-state index contributed by atoms with van der Waals surface area (Å²) in [5, 5.41) is 19.9. The second kappa shape index (κ2) is 4.70. The number of allylic oxidation sites excluding steroid dienone is 1. The maximum atomic E-state index is 10.0. The van der Waals surface area contributed by atoms with E-state index < -0.39 is 0 Å². The maximum Gasteiger partial charge on any atom is 0.160 e. The molecule has 4 nitrogen and oxygen atoms in total. The lowest BCUT2D eigenvalue weighted by Gasteiger charge is -2.37. The lowest BCUT2D eigenvalue weighted by Crippen LogP contribution is -2.33. The molecule has 4 heteroatoms. The number of methoxy groups -OCH3 is 1. The summed E-state index contributed by atoms with van der Waals surface area (Å²) in [7, 11) is 3.62. The van der Waals surface area contributed by atoms with Gasteiger partial charge in [0.25, 0.3) is 0 Å². The minimum absolute atomic E-state index is 0.0717. The Morgan fingerprint density at radius 2 is 2.15 bits per heavy atom. The summed E-state index contributed by atoms with van der Waals surface area (Å²) in [6.45, 7) is 0.978. The summed E-state index contributed by atoms with van der Waals surface area (Å²) in [4.78, 5) is 2.21. The van der Waals surface area contributed by atoms with Crippen molar-refractivity contribution in [3.8, 4) is 11.5 Å². The first kappa shape index (κ1) is 13.3. The molecule has 2 N–H and O–H groups in total. The van der Waals surface area contributed by atoms with Gasteiger partial charge in [-0.05, 0) is 43.0 Å². The molecule has 108 valence electrons. The first-order chi connectivity index (χ1) is 9.56. The fourth-order valence-corrected chi connectivity index (χ4v) is 3.60. The van der Waals surface area contributed by atoms with Gasteiger partial charge in [-0.1, -0.05) is 6.07 Å². The van der Waals surface area contributed by atoms with Gasteiger partial charge < -0.3 is 19.8 Å². The molecule has 1 fully saturated rings. The molecule has 0 bridgehead atoms. The van der Waals surface area contributed by atoms with E-state index in [1.54, 1.807) is 7.11 Å². The average molecular weight is 275 g/mol. The van der Waals surface area contributed by atoms with Gasteiger partial charge in [0.05, 0.1) is 13.2 Å². The van der Waals surface area contributed by atoms with Gasteiger partial charge in [-0.3, -0.25) is 0 Å². The maximum absolute atomic E-state index is 10.0. The minimum Gasteiger partial charge on any atom is -0.504 e. The Balaban J connectivity index is 2.07. The highest BCUT2D eigenvalue weighted by molar-refractivity contribution is 5.48. The van der Waals surface area contributed by atoms with Crippen LogP contribution in [0.15, 0.2) is 30.0 Å². The van der Waals surface area contributed by atoms with Crippen molar-refractivity contribution in [2.45, 2.75) is 30.8 Å². The smallest absolute Gasteiger partial charge is 0.160 e. The molecule has 0 unspecified atom stereocenters. The third-order valence-electron chi connectivity index (χ3n) is 4.72. The number of phenols is 1. The SMILES string of the molecule is COc1ccc([C@@]23CC[C@@H](O)C=C2N(C)CC3)cc1O. The second-order valence-corrected chi connectivity index (χ2v) is 5.80. The van der Waals surface area contributed by atoms with E-state index in [0.717, 1.165) is 31.4 Å². The lowest BCUT2D eigenvalue weighted by atomic mass is 9.70. The Kier molecular flexibility index (Phi) is 3.13. The van der Waals surface area contributed by atoms with E-state index in [-0.39, 0.29) is 17.3 Å². The van der Waals surface area contributed by atoms with Crippen molar-refractivity contribution >= 4 is 0 Å². The number of hydrogen-bond acceptors (Lipinski definition) is 4. The molecule has 0 aromatic heterocycles. The van der Waals surface area contributed by atoms with Crippen LogP contribution in [0.25, 0.3) is 0 Å². The van der Waals surface area contributed by atoms with Crippen LogP contribution >= 0.6 is 0 Å². The number of aromatic hydroxyl groups is 1. The van der Waals surface area contributed by atoms with Crippen LogP contribution < -0.4 is 4.74 Å². The van der Waals surface area contributed by atoms with Gasteiger partial charge in [-0.15, -0.1) is 0 Å². The van der Waals surface area contributed by atoms with Crippen molar-refractivity contribution in [1.82, 2.24) is 4.90 Å². The number of benzene rings is 1. The van der Waals surface area contributed by atoms with Gasteiger partial charge in [-0.2, -0.15) is 0 Å². The molecule has 2 aliphatic rings. The Labute approximate surface area is 119 Å². The number of fused-ring (bicyclic) bond motifs is 1. The fourth-order valence-electron chi connectivity index (χ4n) is 3.60. The summed E-state index contributed by atoms with van der Waals surface area (Å²) in [6.07, 6.45) is 4.32. The Bertz CT molecular complexity index is 555. The molecule has 1 heterocycles. The van der Waals surface area contributed by atoms with E-state index in [0.29, 0.717) is 5.75 Å². The number of likely N-dealkylation sites (N-methyl/N-ethyl adjacent to an activating group) is 1. The van der Waals surface area contributed by atoms with Gasteiger partial charge in [0.15, 0.2) is 11.5 Å². The van der Waals surface area contributed by atoms with Crippen molar-refractivity contribution in [2.24, 2.45) is 0 Å². The van der Waals surface area contributed by atoms with Crippen LogP contribution in [0.1, 0.15) is 24.8 Å². The van der Waals surface area contributed by atoms with Crippen LogP contribution in [-0.2, 0) is 5.41 Å². The molecular formula is C16H21NO3. The molecule has 1 saturated heterocycles. The zero-order valence-electron chi connectivity index (χ0n) is 12.0. The molecule has 0 radical (unpaired) electrons. The first-order valence-corrected chi connectivity index (χ1v) is 7.06. The predicted octanol–water partition coefficient (Wildman–Crippen LogP) is 2.01. The monoisotopic (exact) mass is 275 g/mol. The number of hydrogen-bond donors (Lipinski definition) is 2. The topological polar surface area (TPSA) is 52.9 Å². The predicted molar refractivity (Wildman–Crippen MR) is 76.9 cm³/mol. The average Bonchev–Trinajstić information content (AvgIpc) is 2.77. The number of nitrogens with zero attached hydrogens (tertiary/aromatic N) is 1. The molecule has 1 aromatic rings. The van der Waals surface area contributed by atoms with Crippen molar-refractivity contribution in [3.63, 3.8) is 0 Å². The fraction of sp³-hybridized carbons (Fsp3) is 0.500. The van der Waals surface area contributed by atoms with Crippen LogP contribution in [0, 0.1) is 0 Å². The normalized spacial score (nSPS) is 29.1. The Morgan fingerprint density at radius 3 is 2.85 bits per heavy atom. The van der Waals surface area contributed by atoms with Crippen molar-refractivity contribution in [2.75, 3.05) is 20.7 Å². The molecule has 20 heavy (non-hydrogen) atoms. The second-order valence-electron chi connectivity index (χ2n) is 5.80. The zero-order chi connectivity index (χ0) is 14.3. The summed E-state index contributed by atoms with van der Waals surface area (Å²) < 4.78 is 5.12. The van der Waals surface area contributed by atoms with E-state index in [9.17, 15) is 10.2 Å². The van der Waals surface area contributed by atoms with Crippen molar-refractivity contribution in [1.29, 1.82) is 0 Å². The molecular weight excluding hydrogens is 254 g/mol. The summed E-state index contributed by atoms with van der Waals surface area (Å²) in [6, 6.07) is 5.66. The van der Waals surface area contributed by atoms with E-state index in [1.807, 2.05) is 24.3 Å². The van der Waals surface area contributed by atoms with Crippen molar-refractivity contribution in [3.05, 3.63) is 35.5 Å². The largest absolute Gasteiger partial charge is 0.504 e. The van der Waals surface area contributed by atoms with Crippen LogP contribution in [0.3, 0.4) is 0 Å². The third-order valence-corrected chi connectivity index (χ3v) is 4.72. The number of aliphatic hydroxyl groups is 1. The van der Waals surface area contributed by atoms with Gasteiger partial charge in [-0.25, -0.2) is 0 Å². The van der Waals surface area contributed by atoms with Crippen LogP contribution in [0.4, 0.5) is 0 Å². The van der Waals surface area contributed by atoms with E-state index in [2.05, 4.69) is 11.9 Å². The highest BCUT2D eigenvalue weighted by Gasteiger charge is 2.45. The highest BCUT2D eigenvalue weighted by Crippen LogP contribution is 2.49. The van der Waals surface area contributed by atoms with Gasteiger partial charge in [0.2, 0.25) is 0 Å². The number of rotatable bonds is 2. The molecule has 0 spiro atoms. The third kappa shape index (κ3) is 1.86. The zero-order valence-corrected chi connectivity index (χ0v) is 12.0. The van der Waals surface area contributed by atoms with E-state index in [4.69, 9.17) is 4.74 Å².